The molecule has 2 heterocycles. The van der Waals surface area contributed by atoms with Crippen molar-refractivity contribution in [2.24, 2.45) is 5.41 Å². The molecule has 1 saturated heterocycles. The Morgan fingerprint density at radius 3 is 2.61 bits per heavy atom. The molecule has 5 heteroatoms. The van der Waals surface area contributed by atoms with Gasteiger partial charge in [-0.15, -0.1) is 0 Å². The van der Waals surface area contributed by atoms with Crippen LogP contribution in [-0.4, -0.2) is 43.7 Å². The predicted octanol–water partition coefficient (Wildman–Crippen LogP) is 2.66. The highest BCUT2D eigenvalue weighted by molar-refractivity contribution is 5.82. The molecule has 3 rings (SSSR count). The summed E-state index contributed by atoms with van der Waals surface area (Å²) in [5.41, 5.74) is -0.186. The third kappa shape index (κ3) is 3.78. The van der Waals surface area contributed by atoms with Crippen LogP contribution >= 0.6 is 0 Å². The summed E-state index contributed by atoms with van der Waals surface area (Å²) in [7, 11) is 0. The molecule has 5 nitrogen and oxygen atoms in total. The fourth-order valence-corrected chi connectivity index (χ4v) is 3.72. The van der Waals surface area contributed by atoms with E-state index in [9.17, 15) is 4.79 Å². The first kappa shape index (κ1) is 16.5. The monoisotopic (exact) mass is 320 g/mol. The van der Waals surface area contributed by atoms with Gasteiger partial charge in [0.05, 0.1) is 19.3 Å². The number of ether oxygens (including phenoxy) is 1. The molecule has 0 spiro atoms. The van der Waals surface area contributed by atoms with Crippen LogP contribution < -0.4 is 5.32 Å². The number of amides is 1. The average molecular weight is 320 g/mol. The zero-order valence-corrected chi connectivity index (χ0v) is 14.3. The molecule has 1 unspecified atom stereocenters. The summed E-state index contributed by atoms with van der Waals surface area (Å²) in [5.74, 6) is 2.03. The predicted molar refractivity (Wildman–Crippen MR) is 88.2 cm³/mol. The van der Waals surface area contributed by atoms with Crippen molar-refractivity contribution < 1.29 is 13.9 Å². The lowest BCUT2D eigenvalue weighted by Crippen LogP contribution is -2.46. The van der Waals surface area contributed by atoms with Gasteiger partial charge in [-0.05, 0) is 31.9 Å². The summed E-state index contributed by atoms with van der Waals surface area (Å²) < 4.78 is 11.3. The molecule has 2 fully saturated rings. The number of furan rings is 1. The van der Waals surface area contributed by atoms with E-state index in [1.807, 2.05) is 19.1 Å². The van der Waals surface area contributed by atoms with Gasteiger partial charge in [-0.2, -0.15) is 0 Å². The number of carbonyl (C=O) groups excluding carboxylic acids is 1. The highest BCUT2D eigenvalue weighted by atomic mass is 16.5. The van der Waals surface area contributed by atoms with E-state index in [1.165, 1.54) is 0 Å². The fraction of sp³-hybridized carbons (Fsp3) is 0.722. The van der Waals surface area contributed by atoms with Crippen LogP contribution in [0, 0.1) is 12.3 Å². The lowest BCUT2D eigenvalue weighted by atomic mass is 9.88. The van der Waals surface area contributed by atoms with Crippen LogP contribution in [0.1, 0.15) is 50.2 Å². The molecule has 1 atom stereocenters. The minimum absolute atomic E-state index is 0.0848. The van der Waals surface area contributed by atoms with Crippen LogP contribution in [0.4, 0.5) is 0 Å². The number of nitrogens with one attached hydrogen (secondary N) is 1. The third-order valence-corrected chi connectivity index (χ3v) is 5.29. The van der Waals surface area contributed by atoms with Crippen molar-refractivity contribution in [3.63, 3.8) is 0 Å². The number of hydrogen-bond acceptors (Lipinski definition) is 4. The molecule has 1 amide bonds. The van der Waals surface area contributed by atoms with Crippen LogP contribution in [0.3, 0.4) is 0 Å². The SMILES string of the molecule is Cc1ccc(C(CNC(=O)C2(C)CCCC2)N2CCOCC2)o1. The number of aryl methyl sites for hydroxylation is 1. The second-order valence-electron chi connectivity index (χ2n) is 7.09. The maximum absolute atomic E-state index is 12.6. The van der Waals surface area contributed by atoms with Gasteiger partial charge in [0.15, 0.2) is 0 Å². The largest absolute Gasteiger partial charge is 0.465 e. The topological polar surface area (TPSA) is 54.7 Å². The molecule has 1 N–H and O–H groups in total. The van der Waals surface area contributed by atoms with E-state index in [0.717, 1.165) is 63.5 Å². The Labute approximate surface area is 138 Å². The molecular formula is C18H28N2O3. The first-order valence-corrected chi connectivity index (χ1v) is 8.75. The van der Waals surface area contributed by atoms with E-state index >= 15 is 0 Å². The van der Waals surface area contributed by atoms with Crippen molar-refractivity contribution in [3.05, 3.63) is 23.7 Å². The molecule has 1 aromatic heterocycles. The van der Waals surface area contributed by atoms with E-state index in [2.05, 4.69) is 17.1 Å². The van der Waals surface area contributed by atoms with Crippen molar-refractivity contribution in [3.8, 4) is 0 Å². The van der Waals surface area contributed by atoms with Gasteiger partial charge >= 0.3 is 0 Å². The van der Waals surface area contributed by atoms with Gasteiger partial charge < -0.3 is 14.5 Å². The molecular weight excluding hydrogens is 292 g/mol. The minimum atomic E-state index is -0.186. The zero-order chi connectivity index (χ0) is 16.3. The Morgan fingerprint density at radius 1 is 1.30 bits per heavy atom. The number of morpholine rings is 1. The van der Waals surface area contributed by atoms with Crippen molar-refractivity contribution in [1.29, 1.82) is 0 Å². The second-order valence-corrected chi connectivity index (χ2v) is 7.09. The third-order valence-electron chi connectivity index (χ3n) is 5.29. The maximum Gasteiger partial charge on any atom is 0.226 e. The molecule has 2 aliphatic rings. The van der Waals surface area contributed by atoms with Crippen molar-refractivity contribution >= 4 is 5.91 Å². The summed E-state index contributed by atoms with van der Waals surface area (Å²) in [6, 6.07) is 4.10. The van der Waals surface area contributed by atoms with Gasteiger partial charge in [0, 0.05) is 25.0 Å². The molecule has 1 aliphatic heterocycles. The van der Waals surface area contributed by atoms with Crippen molar-refractivity contribution in [2.45, 2.75) is 45.6 Å². The number of carbonyl (C=O) groups is 1. The molecule has 23 heavy (non-hydrogen) atoms. The Hall–Kier alpha value is -1.33. The maximum atomic E-state index is 12.6. The van der Waals surface area contributed by atoms with Gasteiger partial charge in [0.1, 0.15) is 11.5 Å². The minimum Gasteiger partial charge on any atom is -0.465 e. The molecule has 128 valence electrons. The van der Waals surface area contributed by atoms with Crippen LogP contribution in [0.15, 0.2) is 16.5 Å². The van der Waals surface area contributed by atoms with E-state index in [1.54, 1.807) is 0 Å². The summed E-state index contributed by atoms with van der Waals surface area (Å²) in [6.07, 6.45) is 4.32. The lowest BCUT2D eigenvalue weighted by Gasteiger charge is -2.34. The summed E-state index contributed by atoms with van der Waals surface area (Å²) in [5, 5.41) is 3.19. The number of nitrogens with zero attached hydrogens (tertiary/aromatic N) is 1. The van der Waals surface area contributed by atoms with Crippen LogP contribution in [0.25, 0.3) is 0 Å². The van der Waals surface area contributed by atoms with Gasteiger partial charge in [-0.1, -0.05) is 19.8 Å². The highest BCUT2D eigenvalue weighted by Crippen LogP contribution is 2.37. The van der Waals surface area contributed by atoms with Crippen LogP contribution in [0.5, 0.6) is 0 Å². The summed E-state index contributed by atoms with van der Waals surface area (Å²) >= 11 is 0. The zero-order valence-electron chi connectivity index (χ0n) is 14.3. The Morgan fingerprint density at radius 2 is 2.00 bits per heavy atom. The van der Waals surface area contributed by atoms with E-state index in [4.69, 9.17) is 9.15 Å². The van der Waals surface area contributed by atoms with Gasteiger partial charge in [-0.25, -0.2) is 0 Å². The Balaban J connectivity index is 1.67. The number of rotatable bonds is 5. The first-order valence-electron chi connectivity index (χ1n) is 8.75. The van der Waals surface area contributed by atoms with E-state index in [-0.39, 0.29) is 17.4 Å². The van der Waals surface area contributed by atoms with Gasteiger partial charge in [-0.3, -0.25) is 9.69 Å². The van der Waals surface area contributed by atoms with E-state index < -0.39 is 0 Å². The van der Waals surface area contributed by atoms with E-state index in [0.29, 0.717) is 6.54 Å². The molecule has 1 aliphatic carbocycles. The quantitative estimate of drug-likeness (QED) is 0.906. The normalized spacial score (nSPS) is 22.9. The summed E-state index contributed by atoms with van der Waals surface area (Å²) in [6.45, 7) is 7.87. The first-order chi connectivity index (χ1) is 11.1. The second kappa shape index (κ2) is 7.05. The lowest BCUT2D eigenvalue weighted by molar-refractivity contribution is -0.130. The van der Waals surface area contributed by atoms with Crippen LogP contribution in [0.2, 0.25) is 0 Å². The molecule has 1 saturated carbocycles. The fourth-order valence-electron chi connectivity index (χ4n) is 3.72. The Bertz CT molecular complexity index is 528. The van der Waals surface area contributed by atoms with Crippen molar-refractivity contribution in [1.82, 2.24) is 10.2 Å². The van der Waals surface area contributed by atoms with Crippen molar-refractivity contribution in [2.75, 3.05) is 32.8 Å². The number of hydrogen-bond donors (Lipinski definition) is 1. The standard InChI is InChI=1S/C18H28N2O3/c1-14-5-6-16(23-14)15(20-9-11-22-12-10-20)13-19-17(21)18(2)7-3-4-8-18/h5-6,15H,3-4,7-13H2,1-2H3,(H,19,21). The molecule has 0 aromatic carbocycles. The molecule has 1 aromatic rings. The highest BCUT2D eigenvalue weighted by Gasteiger charge is 2.37. The average Bonchev–Trinajstić information content (AvgIpc) is 3.18. The smallest absolute Gasteiger partial charge is 0.226 e. The van der Waals surface area contributed by atoms with Gasteiger partial charge in [0.2, 0.25) is 5.91 Å². The summed E-state index contributed by atoms with van der Waals surface area (Å²) in [4.78, 5) is 15.0. The molecule has 0 radical (unpaired) electrons. The van der Waals surface area contributed by atoms with Gasteiger partial charge in [0.25, 0.3) is 0 Å². The molecule has 0 bridgehead atoms. The van der Waals surface area contributed by atoms with Crippen LogP contribution in [-0.2, 0) is 9.53 Å². The Kier molecular flexibility index (Phi) is 5.07.